The summed E-state index contributed by atoms with van der Waals surface area (Å²) in [6, 6.07) is 4.96. The van der Waals surface area contributed by atoms with Gasteiger partial charge in [-0.3, -0.25) is 4.79 Å². The van der Waals surface area contributed by atoms with Crippen LogP contribution >= 0.6 is 0 Å². The molecule has 0 aliphatic carbocycles. The summed E-state index contributed by atoms with van der Waals surface area (Å²) in [7, 11) is 1.63. The number of aliphatic hydroxyl groups excluding tert-OH is 1. The molecule has 2 unspecified atom stereocenters. The maximum absolute atomic E-state index is 10.8. The van der Waals surface area contributed by atoms with Gasteiger partial charge in [0.1, 0.15) is 5.75 Å². The summed E-state index contributed by atoms with van der Waals surface area (Å²) < 4.78 is 5.48. The number of benzene rings is 1. The van der Waals surface area contributed by atoms with Crippen LogP contribution in [-0.2, 0) is 4.79 Å². The van der Waals surface area contributed by atoms with Crippen molar-refractivity contribution in [3.8, 4) is 5.75 Å². The largest absolute Gasteiger partial charge is 0.493 e. The van der Waals surface area contributed by atoms with Crippen molar-refractivity contribution in [2.45, 2.75) is 32.4 Å². The summed E-state index contributed by atoms with van der Waals surface area (Å²) in [5.74, 6) is -0.366. The molecule has 0 radical (unpaired) electrons. The minimum Gasteiger partial charge on any atom is -0.493 e. The smallest absolute Gasteiger partial charge is 0.305 e. The van der Waals surface area contributed by atoms with Crippen molar-refractivity contribution in [2.24, 2.45) is 0 Å². The van der Waals surface area contributed by atoms with E-state index in [1.807, 2.05) is 26.0 Å². The van der Waals surface area contributed by atoms with Crippen molar-refractivity contribution < 1.29 is 19.7 Å². The van der Waals surface area contributed by atoms with E-state index in [9.17, 15) is 9.90 Å². The van der Waals surface area contributed by atoms with Gasteiger partial charge < -0.3 is 20.3 Å². The average Bonchev–Trinajstić information content (AvgIpc) is 2.37. The molecule has 1 aromatic carbocycles. The Morgan fingerprint density at radius 1 is 1.47 bits per heavy atom. The maximum Gasteiger partial charge on any atom is 0.305 e. The molecule has 0 aromatic heterocycles. The van der Waals surface area contributed by atoms with Crippen LogP contribution in [0.5, 0.6) is 5.75 Å². The fourth-order valence-electron chi connectivity index (χ4n) is 1.96. The molecule has 19 heavy (non-hydrogen) atoms. The van der Waals surface area contributed by atoms with Gasteiger partial charge in [0.05, 0.1) is 19.1 Å². The number of hydrogen-bond acceptors (Lipinski definition) is 4. The fraction of sp³-hybridized carbons (Fsp3) is 0.500. The second-order valence-corrected chi connectivity index (χ2v) is 4.41. The van der Waals surface area contributed by atoms with Crippen LogP contribution in [0.25, 0.3) is 0 Å². The van der Waals surface area contributed by atoms with Crippen molar-refractivity contribution in [3.63, 3.8) is 0 Å². The van der Waals surface area contributed by atoms with Crippen LogP contribution in [0.3, 0.4) is 0 Å². The first-order valence-corrected chi connectivity index (χ1v) is 6.30. The van der Waals surface area contributed by atoms with Gasteiger partial charge in [0.15, 0.2) is 0 Å². The number of aliphatic carboxylic acids is 1. The van der Waals surface area contributed by atoms with E-state index in [1.54, 1.807) is 13.1 Å². The van der Waals surface area contributed by atoms with Crippen molar-refractivity contribution in [1.82, 2.24) is 5.32 Å². The highest BCUT2D eigenvalue weighted by Gasteiger charge is 2.24. The number of aryl methyl sites for hydroxylation is 1. The predicted molar refractivity (Wildman–Crippen MR) is 72.4 cm³/mol. The Bertz CT molecular complexity index is 433. The van der Waals surface area contributed by atoms with Crippen molar-refractivity contribution in [3.05, 3.63) is 29.3 Å². The van der Waals surface area contributed by atoms with Gasteiger partial charge in [-0.15, -0.1) is 0 Å². The zero-order valence-corrected chi connectivity index (χ0v) is 11.5. The molecular weight excluding hydrogens is 246 g/mol. The van der Waals surface area contributed by atoms with Crippen LogP contribution in [0, 0.1) is 6.92 Å². The number of nitrogens with one attached hydrogen (secondary N) is 1. The molecule has 0 saturated carbocycles. The predicted octanol–water partition coefficient (Wildman–Crippen LogP) is 1.49. The normalized spacial score (nSPS) is 13.9. The van der Waals surface area contributed by atoms with E-state index >= 15 is 0 Å². The Labute approximate surface area is 113 Å². The third-order valence-corrected chi connectivity index (χ3v) is 2.93. The molecule has 1 rings (SSSR count). The van der Waals surface area contributed by atoms with Gasteiger partial charge in [0.2, 0.25) is 0 Å². The summed E-state index contributed by atoms with van der Waals surface area (Å²) in [4.78, 5) is 10.8. The van der Waals surface area contributed by atoms with E-state index in [0.29, 0.717) is 17.9 Å². The molecule has 2 atom stereocenters. The molecule has 0 fully saturated rings. The molecule has 0 aliphatic heterocycles. The number of ether oxygens (including phenoxy) is 1. The first-order chi connectivity index (χ1) is 8.99. The van der Waals surface area contributed by atoms with E-state index in [0.717, 1.165) is 5.56 Å². The van der Waals surface area contributed by atoms with Gasteiger partial charge in [-0.25, -0.2) is 0 Å². The fourth-order valence-corrected chi connectivity index (χ4v) is 1.96. The van der Waals surface area contributed by atoms with E-state index in [-0.39, 0.29) is 6.42 Å². The topological polar surface area (TPSA) is 78.8 Å². The summed E-state index contributed by atoms with van der Waals surface area (Å²) >= 11 is 0. The highest BCUT2D eigenvalue weighted by atomic mass is 16.5. The Hall–Kier alpha value is -1.59. The van der Waals surface area contributed by atoms with Gasteiger partial charge >= 0.3 is 5.97 Å². The lowest BCUT2D eigenvalue weighted by molar-refractivity contribution is -0.138. The van der Waals surface area contributed by atoms with E-state index in [2.05, 4.69) is 5.32 Å². The Morgan fingerprint density at radius 3 is 2.68 bits per heavy atom. The first-order valence-electron chi connectivity index (χ1n) is 6.30. The second kappa shape index (κ2) is 7.11. The van der Waals surface area contributed by atoms with Crippen LogP contribution < -0.4 is 10.1 Å². The quantitative estimate of drug-likeness (QED) is 0.697. The molecule has 1 aromatic rings. The zero-order chi connectivity index (χ0) is 14.4. The van der Waals surface area contributed by atoms with Crippen LogP contribution in [0.4, 0.5) is 0 Å². The number of likely N-dealkylation sites (N-methyl/N-ethyl adjacent to an activating group) is 1. The standard InChI is InChI=1S/C14H21NO4/c1-4-19-12-6-5-9(2)7-10(12)14(18)11(15-3)8-13(16)17/h5-7,11,14-15,18H,4,8H2,1-3H3,(H,16,17). The Morgan fingerprint density at radius 2 is 2.16 bits per heavy atom. The minimum atomic E-state index is -0.955. The van der Waals surface area contributed by atoms with E-state index in [4.69, 9.17) is 9.84 Å². The van der Waals surface area contributed by atoms with Crippen molar-refractivity contribution in [1.29, 1.82) is 0 Å². The Balaban J connectivity index is 3.04. The maximum atomic E-state index is 10.8. The van der Waals surface area contributed by atoms with Crippen LogP contribution in [0.1, 0.15) is 30.6 Å². The monoisotopic (exact) mass is 267 g/mol. The Kier molecular flexibility index (Phi) is 5.79. The minimum absolute atomic E-state index is 0.156. The van der Waals surface area contributed by atoms with Gasteiger partial charge in [0.25, 0.3) is 0 Å². The summed E-state index contributed by atoms with van der Waals surface area (Å²) in [5.41, 5.74) is 1.60. The lowest BCUT2D eigenvalue weighted by Gasteiger charge is -2.23. The third-order valence-electron chi connectivity index (χ3n) is 2.93. The molecule has 0 heterocycles. The highest BCUT2D eigenvalue weighted by molar-refractivity contribution is 5.67. The number of rotatable bonds is 7. The van der Waals surface area contributed by atoms with E-state index < -0.39 is 18.1 Å². The highest BCUT2D eigenvalue weighted by Crippen LogP contribution is 2.29. The van der Waals surface area contributed by atoms with Gasteiger partial charge in [-0.2, -0.15) is 0 Å². The molecule has 5 heteroatoms. The van der Waals surface area contributed by atoms with Crippen LogP contribution in [-0.4, -0.2) is 35.9 Å². The number of aliphatic hydroxyl groups is 1. The number of carboxylic acids is 1. The summed E-state index contributed by atoms with van der Waals surface area (Å²) in [6.07, 6.45) is -1.08. The average molecular weight is 267 g/mol. The molecule has 5 nitrogen and oxygen atoms in total. The molecule has 106 valence electrons. The molecule has 0 bridgehead atoms. The lowest BCUT2D eigenvalue weighted by atomic mass is 9.97. The summed E-state index contributed by atoms with van der Waals surface area (Å²) in [6.45, 7) is 4.27. The van der Waals surface area contributed by atoms with Crippen LogP contribution in [0.2, 0.25) is 0 Å². The van der Waals surface area contributed by atoms with Gasteiger partial charge in [0, 0.05) is 11.6 Å². The van der Waals surface area contributed by atoms with Crippen molar-refractivity contribution >= 4 is 5.97 Å². The third kappa shape index (κ3) is 4.22. The lowest BCUT2D eigenvalue weighted by Crippen LogP contribution is -2.34. The van der Waals surface area contributed by atoms with Crippen molar-refractivity contribution in [2.75, 3.05) is 13.7 Å². The molecule has 0 amide bonds. The molecule has 0 saturated heterocycles. The number of carbonyl (C=O) groups is 1. The first kappa shape index (κ1) is 15.5. The number of hydrogen-bond donors (Lipinski definition) is 3. The SMILES string of the molecule is CCOc1ccc(C)cc1C(O)C(CC(=O)O)NC. The van der Waals surface area contributed by atoms with Gasteiger partial charge in [-0.1, -0.05) is 11.6 Å². The number of carboxylic acid groups (broad SMARTS) is 1. The van der Waals surface area contributed by atoms with E-state index in [1.165, 1.54) is 0 Å². The van der Waals surface area contributed by atoms with Crippen LogP contribution in [0.15, 0.2) is 18.2 Å². The molecule has 0 aliphatic rings. The zero-order valence-electron chi connectivity index (χ0n) is 11.5. The van der Waals surface area contributed by atoms with Gasteiger partial charge in [-0.05, 0) is 33.0 Å². The molecule has 3 N–H and O–H groups in total. The summed E-state index contributed by atoms with van der Waals surface area (Å²) in [5, 5.41) is 22.0. The molecular formula is C14H21NO4. The molecule has 0 spiro atoms. The second-order valence-electron chi connectivity index (χ2n) is 4.41.